The highest BCUT2D eigenvalue weighted by Gasteiger charge is 2.16. The monoisotopic (exact) mass is 308 g/mol. The van der Waals surface area contributed by atoms with Crippen molar-refractivity contribution < 1.29 is 0 Å². The van der Waals surface area contributed by atoms with Crippen LogP contribution in [0.3, 0.4) is 0 Å². The Kier molecular flexibility index (Phi) is 7.01. The van der Waals surface area contributed by atoms with Crippen molar-refractivity contribution in [2.45, 2.75) is 70.5 Å². The van der Waals surface area contributed by atoms with Crippen LogP contribution in [-0.4, -0.2) is 24.7 Å². The summed E-state index contributed by atoms with van der Waals surface area (Å²) in [7, 11) is 0. The smallest absolute Gasteiger partial charge is 0.0408 e. The molecule has 118 valence electrons. The number of hydrogen-bond donors (Lipinski definition) is 2. The molecule has 1 aliphatic heterocycles. The Balaban J connectivity index is 1.74. The van der Waals surface area contributed by atoms with Gasteiger partial charge in [0.1, 0.15) is 0 Å². The van der Waals surface area contributed by atoms with Gasteiger partial charge in [0.2, 0.25) is 0 Å². The van der Waals surface area contributed by atoms with Gasteiger partial charge in [-0.3, -0.25) is 0 Å². The molecule has 21 heavy (non-hydrogen) atoms. The summed E-state index contributed by atoms with van der Waals surface area (Å²) in [6.45, 7) is 5.76. The topological polar surface area (TPSA) is 24.1 Å². The third-order valence-corrected chi connectivity index (χ3v) is 4.54. The maximum atomic E-state index is 6.05. The molecule has 1 aliphatic rings. The Morgan fingerprint density at radius 1 is 1.24 bits per heavy atom. The van der Waals surface area contributed by atoms with E-state index in [2.05, 4.69) is 36.6 Å². The lowest BCUT2D eigenvalue weighted by Crippen LogP contribution is -2.41. The van der Waals surface area contributed by atoms with Crippen LogP contribution in [0.25, 0.3) is 0 Å². The molecule has 0 saturated carbocycles. The lowest BCUT2D eigenvalue weighted by molar-refractivity contribution is 0.376. The lowest BCUT2D eigenvalue weighted by atomic mass is 10.0. The van der Waals surface area contributed by atoms with Crippen molar-refractivity contribution in [2.75, 3.05) is 6.54 Å². The van der Waals surface area contributed by atoms with Gasteiger partial charge in [-0.15, -0.1) is 0 Å². The third kappa shape index (κ3) is 6.37. The summed E-state index contributed by atoms with van der Waals surface area (Å²) in [5, 5.41) is 8.25. The zero-order valence-electron chi connectivity index (χ0n) is 13.4. The summed E-state index contributed by atoms with van der Waals surface area (Å²) < 4.78 is 0. The molecular weight excluding hydrogens is 280 g/mol. The van der Waals surface area contributed by atoms with Gasteiger partial charge in [-0.1, -0.05) is 36.6 Å². The average Bonchev–Trinajstić information content (AvgIpc) is 2.67. The SMILES string of the molecule is CC(Cc1cccc(Cl)c1)NC(C)CC1CCCCCN1. The molecule has 2 nitrogen and oxygen atoms in total. The highest BCUT2D eigenvalue weighted by Crippen LogP contribution is 2.15. The van der Waals surface area contributed by atoms with Crippen LogP contribution in [-0.2, 0) is 6.42 Å². The molecule has 3 atom stereocenters. The van der Waals surface area contributed by atoms with Gasteiger partial charge in [-0.05, 0) is 63.8 Å². The molecule has 1 aromatic carbocycles. The molecule has 3 heteroatoms. The Labute approximate surface area is 134 Å². The Morgan fingerprint density at radius 3 is 2.90 bits per heavy atom. The van der Waals surface area contributed by atoms with Crippen LogP contribution in [0.2, 0.25) is 5.02 Å². The van der Waals surface area contributed by atoms with E-state index < -0.39 is 0 Å². The summed E-state index contributed by atoms with van der Waals surface area (Å²) >= 11 is 6.05. The molecule has 2 N–H and O–H groups in total. The van der Waals surface area contributed by atoms with E-state index in [1.54, 1.807) is 0 Å². The van der Waals surface area contributed by atoms with Crippen molar-refractivity contribution in [1.82, 2.24) is 10.6 Å². The Bertz CT molecular complexity index is 413. The van der Waals surface area contributed by atoms with Crippen molar-refractivity contribution >= 4 is 11.6 Å². The van der Waals surface area contributed by atoms with Gasteiger partial charge < -0.3 is 10.6 Å². The van der Waals surface area contributed by atoms with Crippen LogP contribution in [0.1, 0.15) is 51.5 Å². The molecular formula is C18H29ClN2. The van der Waals surface area contributed by atoms with Gasteiger partial charge in [0.05, 0.1) is 0 Å². The summed E-state index contributed by atoms with van der Waals surface area (Å²) in [4.78, 5) is 0. The van der Waals surface area contributed by atoms with Crippen LogP contribution in [0.15, 0.2) is 24.3 Å². The third-order valence-electron chi connectivity index (χ3n) is 4.30. The van der Waals surface area contributed by atoms with Gasteiger partial charge in [0, 0.05) is 23.1 Å². The normalized spacial score (nSPS) is 22.5. The maximum absolute atomic E-state index is 6.05. The first-order valence-corrected chi connectivity index (χ1v) is 8.75. The van der Waals surface area contributed by atoms with E-state index in [9.17, 15) is 0 Å². The fourth-order valence-electron chi connectivity index (χ4n) is 3.36. The van der Waals surface area contributed by atoms with Crippen LogP contribution in [0.5, 0.6) is 0 Å². The quantitative estimate of drug-likeness (QED) is 0.824. The number of hydrogen-bond acceptors (Lipinski definition) is 2. The highest BCUT2D eigenvalue weighted by molar-refractivity contribution is 6.30. The molecule has 0 bridgehead atoms. The minimum absolute atomic E-state index is 0.476. The minimum Gasteiger partial charge on any atom is -0.314 e. The molecule has 2 rings (SSSR count). The Hall–Kier alpha value is -0.570. The van der Waals surface area contributed by atoms with E-state index >= 15 is 0 Å². The molecule has 3 unspecified atom stereocenters. The largest absolute Gasteiger partial charge is 0.314 e. The van der Waals surface area contributed by atoms with E-state index in [-0.39, 0.29) is 0 Å². The number of benzene rings is 1. The van der Waals surface area contributed by atoms with Crippen molar-refractivity contribution in [2.24, 2.45) is 0 Å². The summed E-state index contributed by atoms with van der Waals surface area (Å²) in [5.74, 6) is 0. The molecule has 0 aromatic heterocycles. The maximum Gasteiger partial charge on any atom is 0.0408 e. The van der Waals surface area contributed by atoms with Crippen LogP contribution in [0.4, 0.5) is 0 Å². The van der Waals surface area contributed by atoms with Gasteiger partial charge in [-0.25, -0.2) is 0 Å². The van der Waals surface area contributed by atoms with E-state index in [1.165, 1.54) is 44.2 Å². The second-order valence-corrected chi connectivity index (χ2v) is 6.98. The lowest BCUT2D eigenvalue weighted by Gasteiger charge is -2.24. The standard InChI is InChI=1S/C18H29ClN2/c1-14(11-16-7-6-8-17(19)13-16)21-15(2)12-18-9-4-3-5-10-20-18/h6-8,13-15,18,20-21H,3-5,9-12H2,1-2H3. The van der Waals surface area contributed by atoms with E-state index in [0.717, 1.165) is 11.4 Å². The van der Waals surface area contributed by atoms with E-state index in [1.807, 2.05) is 12.1 Å². The highest BCUT2D eigenvalue weighted by atomic mass is 35.5. The average molecular weight is 309 g/mol. The second kappa shape index (κ2) is 8.77. The first kappa shape index (κ1) is 16.8. The number of halogens is 1. The van der Waals surface area contributed by atoms with Crippen molar-refractivity contribution in [3.63, 3.8) is 0 Å². The number of nitrogens with one attached hydrogen (secondary N) is 2. The van der Waals surface area contributed by atoms with Gasteiger partial charge in [0.15, 0.2) is 0 Å². The summed E-state index contributed by atoms with van der Waals surface area (Å²) in [6.07, 6.45) is 7.68. The molecule has 0 spiro atoms. The predicted octanol–water partition coefficient (Wildman–Crippen LogP) is 4.17. The second-order valence-electron chi connectivity index (χ2n) is 6.54. The van der Waals surface area contributed by atoms with Crippen molar-refractivity contribution in [3.05, 3.63) is 34.9 Å². The van der Waals surface area contributed by atoms with Crippen LogP contribution < -0.4 is 10.6 Å². The predicted molar refractivity (Wildman–Crippen MR) is 92.1 cm³/mol. The van der Waals surface area contributed by atoms with Gasteiger partial charge in [0.25, 0.3) is 0 Å². The minimum atomic E-state index is 0.476. The van der Waals surface area contributed by atoms with Crippen LogP contribution >= 0.6 is 11.6 Å². The van der Waals surface area contributed by atoms with E-state index in [4.69, 9.17) is 11.6 Å². The Morgan fingerprint density at radius 2 is 2.10 bits per heavy atom. The molecule has 1 aromatic rings. The fraction of sp³-hybridized carbons (Fsp3) is 0.667. The van der Waals surface area contributed by atoms with Gasteiger partial charge >= 0.3 is 0 Å². The van der Waals surface area contributed by atoms with Crippen molar-refractivity contribution in [1.29, 1.82) is 0 Å². The fourth-order valence-corrected chi connectivity index (χ4v) is 3.57. The molecule has 0 radical (unpaired) electrons. The first-order valence-electron chi connectivity index (χ1n) is 8.37. The molecule has 0 amide bonds. The first-order chi connectivity index (χ1) is 10.1. The van der Waals surface area contributed by atoms with Gasteiger partial charge in [-0.2, -0.15) is 0 Å². The zero-order valence-corrected chi connectivity index (χ0v) is 14.1. The zero-order chi connectivity index (χ0) is 15.1. The van der Waals surface area contributed by atoms with E-state index in [0.29, 0.717) is 18.1 Å². The number of rotatable bonds is 6. The summed E-state index contributed by atoms with van der Waals surface area (Å²) in [5.41, 5.74) is 1.31. The molecule has 1 heterocycles. The molecule has 1 fully saturated rings. The summed E-state index contributed by atoms with van der Waals surface area (Å²) in [6, 6.07) is 9.90. The molecule has 1 saturated heterocycles. The van der Waals surface area contributed by atoms with Crippen molar-refractivity contribution in [3.8, 4) is 0 Å². The van der Waals surface area contributed by atoms with Crippen LogP contribution in [0, 0.1) is 0 Å². The molecule has 0 aliphatic carbocycles.